The van der Waals surface area contributed by atoms with E-state index < -0.39 is 21.3 Å². The van der Waals surface area contributed by atoms with Crippen molar-refractivity contribution in [3.05, 3.63) is 12.8 Å². The Kier molecular flexibility index (Phi) is 4.48. The van der Waals surface area contributed by atoms with Crippen molar-refractivity contribution < 1.29 is 17.9 Å². The highest BCUT2D eigenvalue weighted by Gasteiger charge is 2.08. The van der Waals surface area contributed by atoms with E-state index in [2.05, 4.69) is 16.1 Å². The fourth-order valence-electron chi connectivity index (χ4n) is 0.352. The lowest BCUT2D eigenvalue weighted by molar-refractivity contribution is -0.0753. The quantitative estimate of drug-likeness (QED) is 0.378. The van der Waals surface area contributed by atoms with Gasteiger partial charge in [-0.3, -0.25) is 0 Å². The van der Waals surface area contributed by atoms with Gasteiger partial charge in [0.1, 0.15) is 0 Å². The maximum atomic E-state index is 10.3. The van der Waals surface area contributed by atoms with E-state index in [0.717, 1.165) is 6.26 Å². The minimum Gasteiger partial charge on any atom is -0.473 e. The summed E-state index contributed by atoms with van der Waals surface area (Å²) in [6.07, 6.45) is 0.506. The molecule has 0 spiro atoms. The lowest BCUT2D eigenvalue weighted by atomic mass is 10.7. The Balaban J connectivity index is 3.62. The molecule has 0 saturated carbocycles. The van der Waals surface area contributed by atoms with Crippen LogP contribution in [0.15, 0.2) is 12.8 Å². The Labute approximate surface area is 70.2 Å². The minimum absolute atomic E-state index is 0.566. The van der Waals surface area contributed by atoms with Gasteiger partial charge in [-0.15, -0.1) is 0 Å². The van der Waals surface area contributed by atoms with Gasteiger partial charge in [0.25, 0.3) is 9.05 Å². The maximum absolute atomic E-state index is 10.3. The average molecular weight is 201 g/mol. The molecule has 0 aliphatic rings. The number of halogens is 1. The molecule has 0 aromatic heterocycles. The van der Waals surface area contributed by atoms with Gasteiger partial charge in [-0.1, -0.05) is 6.58 Å². The highest BCUT2D eigenvalue weighted by Crippen LogP contribution is 2.01. The third kappa shape index (κ3) is 7.64. The molecule has 0 saturated heterocycles. The van der Waals surface area contributed by atoms with Crippen molar-refractivity contribution in [3.63, 3.8) is 0 Å². The second kappa shape index (κ2) is 4.58. The van der Waals surface area contributed by atoms with E-state index in [1.165, 1.54) is 6.92 Å². The Morgan fingerprint density at radius 3 is 2.64 bits per heavy atom. The molecule has 0 bridgehead atoms. The van der Waals surface area contributed by atoms with Crippen LogP contribution >= 0.6 is 10.7 Å². The highest BCUT2D eigenvalue weighted by atomic mass is 35.7. The van der Waals surface area contributed by atoms with Gasteiger partial charge >= 0.3 is 0 Å². The first kappa shape index (κ1) is 10.7. The molecule has 0 rings (SSSR count). The van der Waals surface area contributed by atoms with Gasteiger partial charge in [-0.25, -0.2) is 8.42 Å². The molecule has 0 aliphatic heterocycles. The van der Waals surface area contributed by atoms with E-state index in [9.17, 15) is 8.42 Å². The highest BCUT2D eigenvalue weighted by molar-refractivity contribution is 8.13. The first-order chi connectivity index (χ1) is 4.95. The van der Waals surface area contributed by atoms with Crippen LogP contribution in [0, 0.1) is 0 Å². The van der Waals surface area contributed by atoms with E-state index in [-0.39, 0.29) is 0 Å². The molecule has 0 amide bonds. The SMILES string of the molecule is C=COC(C)OCS(=O)(=O)Cl. The number of ether oxygens (including phenoxy) is 2. The summed E-state index contributed by atoms with van der Waals surface area (Å²) in [4.78, 5) is 0. The van der Waals surface area contributed by atoms with Crippen LogP contribution in [0.2, 0.25) is 0 Å². The van der Waals surface area contributed by atoms with Crippen molar-refractivity contribution >= 4 is 19.7 Å². The minimum atomic E-state index is -3.60. The monoisotopic (exact) mass is 200 g/mol. The van der Waals surface area contributed by atoms with Crippen molar-refractivity contribution in [3.8, 4) is 0 Å². The summed E-state index contributed by atoms with van der Waals surface area (Å²) in [7, 11) is 1.24. The molecule has 0 aliphatic carbocycles. The molecule has 0 fully saturated rings. The molecule has 1 unspecified atom stereocenters. The first-order valence-corrected chi connectivity index (χ1v) is 5.24. The molecule has 66 valence electrons. The molecular weight excluding hydrogens is 192 g/mol. The van der Waals surface area contributed by atoms with Gasteiger partial charge in [0.15, 0.2) is 12.2 Å². The van der Waals surface area contributed by atoms with Gasteiger partial charge in [-0.05, 0) is 6.92 Å². The summed E-state index contributed by atoms with van der Waals surface area (Å²) in [6.45, 7) is 4.79. The second-order valence-corrected chi connectivity index (χ2v) is 4.42. The maximum Gasteiger partial charge on any atom is 0.256 e. The molecular formula is C5H9ClO4S. The topological polar surface area (TPSA) is 52.6 Å². The zero-order chi connectivity index (χ0) is 8.91. The lowest BCUT2D eigenvalue weighted by Crippen LogP contribution is -2.13. The zero-order valence-corrected chi connectivity index (χ0v) is 7.56. The average Bonchev–Trinajstić information content (AvgIpc) is 1.83. The van der Waals surface area contributed by atoms with E-state index in [1.54, 1.807) is 0 Å². The Morgan fingerprint density at radius 1 is 1.73 bits per heavy atom. The predicted molar refractivity (Wildman–Crippen MR) is 41.5 cm³/mol. The molecule has 0 N–H and O–H groups in total. The molecule has 0 aromatic carbocycles. The van der Waals surface area contributed by atoms with Crippen LogP contribution in [0.3, 0.4) is 0 Å². The van der Waals surface area contributed by atoms with Crippen LogP contribution in [0.4, 0.5) is 0 Å². The number of hydrogen-bond acceptors (Lipinski definition) is 4. The van der Waals surface area contributed by atoms with Crippen LogP contribution < -0.4 is 0 Å². The van der Waals surface area contributed by atoms with Crippen molar-refractivity contribution in [2.45, 2.75) is 13.2 Å². The predicted octanol–water partition coefficient (Wildman–Crippen LogP) is 1.04. The summed E-state index contributed by atoms with van der Waals surface area (Å²) in [5, 5.41) is 0. The van der Waals surface area contributed by atoms with Crippen LogP contribution in [0.1, 0.15) is 6.92 Å². The molecule has 0 aromatic rings. The summed E-state index contributed by atoms with van der Waals surface area (Å²) in [5.41, 5.74) is 0. The smallest absolute Gasteiger partial charge is 0.256 e. The number of hydrogen-bond donors (Lipinski definition) is 0. The normalized spacial score (nSPS) is 14.0. The van der Waals surface area contributed by atoms with Crippen molar-refractivity contribution in [1.29, 1.82) is 0 Å². The fraction of sp³-hybridized carbons (Fsp3) is 0.600. The molecule has 0 heterocycles. The first-order valence-electron chi connectivity index (χ1n) is 2.76. The third-order valence-corrected chi connectivity index (χ3v) is 1.42. The summed E-state index contributed by atoms with van der Waals surface area (Å²) < 4.78 is 29.9. The van der Waals surface area contributed by atoms with Crippen LogP contribution in [-0.2, 0) is 18.5 Å². The summed E-state index contributed by atoms with van der Waals surface area (Å²) >= 11 is 0. The van der Waals surface area contributed by atoms with Gasteiger partial charge in [0.2, 0.25) is 0 Å². The Morgan fingerprint density at radius 2 is 2.27 bits per heavy atom. The van der Waals surface area contributed by atoms with Gasteiger partial charge in [0.05, 0.1) is 6.26 Å². The van der Waals surface area contributed by atoms with Crippen LogP contribution in [-0.4, -0.2) is 20.6 Å². The van der Waals surface area contributed by atoms with E-state index in [0.29, 0.717) is 0 Å². The van der Waals surface area contributed by atoms with Crippen molar-refractivity contribution in [1.82, 2.24) is 0 Å². The fourth-order valence-corrected chi connectivity index (χ4v) is 0.860. The number of rotatable bonds is 5. The van der Waals surface area contributed by atoms with Crippen molar-refractivity contribution in [2.75, 3.05) is 5.94 Å². The van der Waals surface area contributed by atoms with Gasteiger partial charge in [-0.2, -0.15) is 0 Å². The standard InChI is InChI=1S/C5H9ClO4S/c1-3-9-5(2)10-4-11(6,7)8/h3,5H,1,4H2,2H3. The molecule has 6 heteroatoms. The molecule has 0 radical (unpaired) electrons. The molecule has 4 nitrogen and oxygen atoms in total. The lowest BCUT2D eigenvalue weighted by Gasteiger charge is -2.09. The van der Waals surface area contributed by atoms with Crippen LogP contribution in [0.25, 0.3) is 0 Å². The zero-order valence-electron chi connectivity index (χ0n) is 5.99. The van der Waals surface area contributed by atoms with E-state index in [1.807, 2.05) is 0 Å². The third-order valence-electron chi connectivity index (χ3n) is 0.731. The van der Waals surface area contributed by atoms with E-state index in [4.69, 9.17) is 10.7 Å². The van der Waals surface area contributed by atoms with Crippen molar-refractivity contribution in [2.24, 2.45) is 0 Å². The Bertz CT molecular complexity index is 211. The second-order valence-electron chi connectivity index (χ2n) is 1.69. The summed E-state index contributed by atoms with van der Waals surface area (Å²) in [6, 6.07) is 0. The molecule has 11 heavy (non-hydrogen) atoms. The van der Waals surface area contributed by atoms with Gasteiger partial charge in [0, 0.05) is 10.7 Å². The summed E-state index contributed by atoms with van der Waals surface area (Å²) in [5.74, 6) is -0.566. The molecule has 1 atom stereocenters. The van der Waals surface area contributed by atoms with Gasteiger partial charge < -0.3 is 9.47 Å². The van der Waals surface area contributed by atoms with Crippen LogP contribution in [0.5, 0.6) is 0 Å². The van der Waals surface area contributed by atoms with E-state index >= 15 is 0 Å². The largest absolute Gasteiger partial charge is 0.473 e. The Hall–Kier alpha value is -0.260.